The predicted molar refractivity (Wildman–Crippen MR) is 147 cm³/mol. The van der Waals surface area contributed by atoms with Crippen molar-refractivity contribution < 1.29 is 18.9 Å². The number of hydrogen-bond acceptors (Lipinski definition) is 10. The fourth-order valence-corrected chi connectivity index (χ4v) is 4.50. The number of hydrogen-bond donors (Lipinski definition) is 2. The highest BCUT2D eigenvalue weighted by Crippen LogP contribution is 2.37. The van der Waals surface area contributed by atoms with Crippen molar-refractivity contribution in [2.45, 2.75) is 20.5 Å². The normalized spacial score (nSPS) is 11.3. The number of nitrogens with one attached hydrogen (secondary N) is 1. The van der Waals surface area contributed by atoms with Crippen LogP contribution in [0, 0.1) is 6.92 Å². The summed E-state index contributed by atoms with van der Waals surface area (Å²) in [5.74, 6) is 0.702. The molecule has 0 bridgehead atoms. The van der Waals surface area contributed by atoms with Crippen molar-refractivity contribution >= 4 is 44.6 Å². The number of benzene rings is 3. The smallest absolute Gasteiger partial charge is 0.293 e. The monoisotopic (exact) mass is 590 g/mol. The summed E-state index contributed by atoms with van der Waals surface area (Å²) in [5.41, 5.74) is 10.3. The van der Waals surface area contributed by atoms with E-state index in [0.717, 1.165) is 16.3 Å². The van der Waals surface area contributed by atoms with Crippen molar-refractivity contribution in [3.8, 4) is 17.3 Å². The van der Waals surface area contributed by atoms with Gasteiger partial charge in [-0.05, 0) is 74.1 Å². The molecule has 3 N–H and O–H groups in total. The van der Waals surface area contributed by atoms with Crippen LogP contribution < -0.4 is 20.6 Å². The lowest BCUT2D eigenvalue weighted by Gasteiger charge is -2.15. The van der Waals surface area contributed by atoms with Crippen LogP contribution in [0.5, 0.6) is 11.5 Å². The third kappa shape index (κ3) is 5.43. The quantitative estimate of drug-likeness (QED) is 0.190. The molecule has 0 saturated carbocycles. The zero-order chi connectivity index (χ0) is 27.4. The number of halogens is 1. The second-order valence-corrected chi connectivity index (χ2v) is 9.15. The molecule has 0 aliphatic carbocycles. The Bertz CT molecular complexity index is 1670. The number of rotatable bonds is 9. The first-order valence-electron chi connectivity index (χ1n) is 11.9. The standard InChI is InChI=1S/C26H23BrN8O4/c1-3-37-21-12-16(11-20(27)23(21)38-14-18-9-6-8-17-7-4-5-10-19(17)18)13-29-31-26(36)22-15(2)35(34-30-22)25-24(28)32-39-33-25/h4-13H,3,14H2,1-2H3,(H2,28,32)(H,31,36)/b29-13-. The molecule has 0 saturated heterocycles. The molecule has 12 nitrogen and oxygen atoms in total. The molecule has 0 aliphatic heterocycles. The van der Waals surface area contributed by atoms with Crippen LogP contribution in [0.15, 0.2) is 68.8 Å². The highest BCUT2D eigenvalue weighted by molar-refractivity contribution is 9.10. The van der Waals surface area contributed by atoms with Crippen LogP contribution in [0.3, 0.4) is 0 Å². The van der Waals surface area contributed by atoms with E-state index in [1.807, 2.05) is 37.3 Å². The van der Waals surface area contributed by atoms with E-state index in [4.69, 9.17) is 15.2 Å². The Labute approximate surface area is 230 Å². The molecule has 1 amide bonds. The maximum Gasteiger partial charge on any atom is 0.293 e. The van der Waals surface area contributed by atoms with Gasteiger partial charge in [0.05, 0.1) is 23.0 Å². The summed E-state index contributed by atoms with van der Waals surface area (Å²) < 4.78 is 18.6. The minimum Gasteiger partial charge on any atom is -0.490 e. The number of amides is 1. The van der Waals surface area contributed by atoms with E-state index in [0.29, 0.717) is 40.4 Å². The molecule has 0 radical (unpaired) electrons. The van der Waals surface area contributed by atoms with Crippen LogP contribution in [0.2, 0.25) is 0 Å². The lowest BCUT2D eigenvalue weighted by atomic mass is 10.1. The Balaban J connectivity index is 1.30. The minimum atomic E-state index is -0.566. The molecule has 0 atom stereocenters. The number of ether oxygens (including phenoxy) is 2. The maximum absolute atomic E-state index is 12.6. The SMILES string of the molecule is CCOc1cc(/C=N\NC(=O)c2nnn(-c3nonc3N)c2C)cc(Br)c1OCc1cccc2ccccc12. The molecule has 198 valence electrons. The summed E-state index contributed by atoms with van der Waals surface area (Å²) in [4.78, 5) is 12.6. The summed E-state index contributed by atoms with van der Waals surface area (Å²) >= 11 is 3.58. The van der Waals surface area contributed by atoms with Crippen LogP contribution in [0.4, 0.5) is 5.82 Å². The van der Waals surface area contributed by atoms with E-state index in [1.165, 1.54) is 10.9 Å². The Kier molecular flexibility index (Phi) is 7.50. The van der Waals surface area contributed by atoms with Crippen LogP contribution in [0.1, 0.15) is 34.2 Å². The van der Waals surface area contributed by atoms with Crippen LogP contribution in [-0.4, -0.2) is 44.0 Å². The maximum atomic E-state index is 12.6. The number of hydrazone groups is 1. The van der Waals surface area contributed by atoms with Crippen molar-refractivity contribution in [2.24, 2.45) is 5.10 Å². The number of nitrogens with zero attached hydrogens (tertiary/aromatic N) is 6. The van der Waals surface area contributed by atoms with Gasteiger partial charge >= 0.3 is 0 Å². The Morgan fingerprint density at radius 3 is 2.79 bits per heavy atom. The number of nitrogens with two attached hydrogens (primary N) is 1. The van der Waals surface area contributed by atoms with Gasteiger partial charge < -0.3 is 15.2 Å². The summed E-state index contributed by atoms with van der Waals surface area (Å²) in [6, 6.07) is 17.9. The van der Waals surface area contributed by atoms with Gasteiger partial charge in [-0.2, -0.15) is 9.78 Å². The summed E-state index contributed by atoms with van der Waals surface area (Å²) in [6.45, 7) is 4.32. The second-order valence-electron chi connectivity index (χ2n) is 8.30. The second kappa shape index (κ2) is 11.3. The van der Waals surface area contributed by atoms with Gasteiger partial charge in [0.2, 0.25) is 11.6 Å². The zero-order valence-corrected chi connectivity index (χ0v) is 22.5. The fraction of sp³-hybridized carbons (Fsp3) is 0.154. The molecule has 0 aliphatic rings. The number of anilines is 1. The van der Waals surface area contributed by atoms with Gasteiger partial charge in [0.1, 0.15) is 6.61 Å². The highest BCUT2D eigenvalue weighted by Gasteiger charge is 2.21. The van der Waals surface area contributed by atoms with Crippen molar-refractivity contribution in [2.75, 3.05) is 12.3 Å². The molecular formula is C26H23BrN8O4. The van der Waals surface area contributed by atoms with Crippen LogP contribution >= 0.6 is 15.9 Å². The molecule has 0 fully saturated rings. The van der Waals surface area contributed by atoms with Gasteiger partial charge in [-0.1, -0.05) is 47.7 Å². The van der Waals surface area contributed by atoms with E-state index in [-0.39, 0.29) is 17.3 Å². The number of carbonyl (C=O) groups is 1. The molecule has 0 spiro atoms. The summed E-state index contributed by atoms with van der Waals surface area (Å²) in [7, 11) is 0. The van der Waals surface area contributed by atoms with Crippen molar-refractivity contribution in [3.05, 3.63) is 81.6 Å². The number of carbonyl (C=O) groups excluding carboxylic acids is 1. The molecular weight excluding hydrogens is 568 g/mol. The van der Waals surface area contributed by atoms with E-state index < -0.39 is 5.91 Å². The van der Waals surface area contributed by atoms with Crippen molar-refractivity contribution in [1.29, 1.82) is 0 Å². The summed E-state index contributed by atoms with van der Waals surface area (Å²) in [5, 5.41) is 21.3. The first kappa shape index (κ1) is 25.9. The molecule has 39 heavy (non-hydrogen) atoms. The molecule has 2 heterocycles. The molecule has 2 aromatic heterocycles. The van der Waals surface area contributed by atoms with Gasteiger partial charge in [-0.25, -0.2) is 10.1 Å². The Hall–Kier alpha value is -4.78. The van der Waals surface area contributed by atoms with Gasteiger partial charge in [-0.3, -0.25) is 4.79 Å². The lowest BCUT2D eigenvalue weighted by molar-refractivity contribution is 0.0949. The molecule has 0 unspecified atom stereocenters. The van der Waals surface area contributed by atoms with Crippen LogP contribution in [-0.2, 0) is 6.61 Å². The van der Waals surface area contributed by atoms with Crippen molar-refractivity contribution in [3.63, 3.8) is 0 Å². The van der Waals surface area contributed by atoms with Gasteiger partial charge in [0, 0.05) is 0 Å². The van der Waals surface area contributed by atoms with Gasteiger partial charge in [0.15, 0.2) is 17.2 Å². The first-order valence-corrected chi connectivity index (χ1v) is 12.7. The Morgan fingerprint density at radius 2 is 2.00 bits per heavy atom. The topological polar surface area (TPSA) is 156 Å². The first-order chi connectivity index (χ1) is 19.0. The van der Waals surface area contributed by atoms with Crippen LogP contribution in [0.25, 0.3) is 16.6 Å². The molecule has 13 heteroatoms. The fourth-order valence-electron chi connectivity index (χ4n) is 3.93. The van der Waals surface area contributed by atoms with E-state index >= 15 is 0 Å². The third-order valence-electron chi connectivity index (χ3n) is 5.77. The molecule has 5 rings (SSSR count). The number of nitrogen functional groups attached to an aromatic ring is 1. The predicted octanol–water partition coefficient (Wildman–Crippen LogP) is 4.20. The average Bonchev–Trinajstić information content (AvgIpc) is 3.53. The van der Waals surface area contributed by atoms with Crippen molar-refractivity contribution in [1.82, 2.24) is 30.7 Å². The van der Waals surface area contributed by atoms with Gasteiger partial charge in [0.25, 0.3) is 5.91 Å². The lowest BCUT2D eigenvalue weighted by Crippen LogP contribution is -2.19. The van der Waals surface area contributed by atoms with E-state index in [2.05, 4.69) is 69.9 Å². The highest BCUT2D eigenvalue weighted by atomic mass is 79.9. The number of aromatic nitrogens is 5. The largest absolute Gasteiger partial charge is 0.490 e. The number of fused-ring (bicyclic) bond motifs is 1. The van der Waals surface area contributed by atoms with E-state index in [9.17, 15) is 4.79 Å². The van der Waals surface area contributed by atoms with Gasteiger partial charge in [-0.15, -0.1) is 5.10 Å². The summed E-state index contributed by atoms with van der Waals surface area (Å²) in [6.07, 6.45) is 1.49. The average molecular weight is 591 g/mol. The molecule has 5 aromatic rings. The minimum absolute atomic E-state index is 0.0215. The Morgan fingerprint density at radius 1 is 1.18 bits per heavy atom. The molecule has 3 aromatic carbocycles. The van der Waals surface area contributed by atoms with E-state index in [1.54, 1.807) is 13.0 Å². The zero-order valence-electron chi connectivity index (χ0n) is 21.0. The third-order valence-corrected chi connectivity index (χ3v) is 6.36.